The topological polar surface area (TPSA) is 108 Å². The van der Waals surface area contributed by atoms with Crippen molar-refractivity contribution in [3.8, 4) is 0 Å². The molecule has 0 spiro atoms. The summed E-state index contributed by atoms with van der Waals surface area (Å²) in [6.07, 6.45) is 43.8. The summed E-state index contributed by atoms with van der Waals surface area (Å²) in [5.74, 6) is -0.805. The third-order valence-corrected chi connectivity index (χ3v) is 10.5. The summed E-state index contributed by atoms with van der Waals surface area (Å²) >= 11 is 0. The highest BCUT2D eigenvalue weighted by atomic mass is 31.2. The van der Waals surface area contributed by atoms with Gasteiger partial charge in [-0.2, -0.15) is 0 Å². The largest absolute Gasteiger partial charge is 0.472 e. The van der Waals surface area contributed by atoms with Crippen LogP contribution < -0.4 is 0 Å². The summed E-state index contributed by atoms with van der Waals surface area (Å²) in [6, 6.07) is 0. The minimum Gasteiger partial charge on any atom is -0.462 e. The van der Waals surface area contributed by atoms with Crippen LogP contribution in [0.2, 0.25) is 0 Å². The monoisotopic (exact) mass is 771 g/mol. The number of ether oxygens (including phenoxy) is 2. The Balaban J connectivity index is 4.02. The maximum atomic E-state index is 12.6. The molecule has 0 aromatic heterocycles. The Morgan fingerprint density at radius 3 is 1.28 bits per heavy atom. The van der Waals surface area contributed by atoms with E-state index in [1.807, 2.05) is 0 Å². The maximum absolute atomic E-state index is 12.6. The molecule has 0 saturated carbocycles. The molecule has 0 saturated heterocycles. The molecule has 0 aliphatic rings. The van der Waals surface area contributed by atoms with Crippen LogP contribution >= 0.6 is 7.82 Å². The van der Waals surface area contributed by atoms with Crippen LogP contribution in [-0.4, -0.2) is 42.8 Å². The first-order valence-electron chi connectivity index (χ1n) is 22.1. The fourth-order valence-corrected chi connectivity index (χ4v) is 6.96. The van der Waals surface area contributed by atoms with E-state index in [0.29, 0.717) is 6.42 Å². The van der Waals surface area contributed by atoms with Crippen molar-refractivity contribution < 1.29 is 37.6 Å². The van der Waals surface area contributed by atoms with Crippen molar-refractivity contribution >= 4 is 19.8 Å². The first-order chi connectivity index (χ1) is 25.8. The Labute approximate surface area is 326 Å². The summed E-state index contributed by atoms with van der Waals surface area (Å²) in [5.41, 5.74) is 0. The normalized spacial score (nSPS) is 13.5. The van der Waals surface area contributed by atoms with Gasteiger partial charge < -0.3 is 14.4 Å². The van der Waals surface area contributed by atoms with Crippen molar-refractivity contribution in [1.82, 2.24) is 0 Å². The fraction of sp³-hybridized carbons (Fsp3) is 0.864. The number of carbonyl (C=O) groups is 2. The second kappa shape index (κ2) is 40.2. The molecule has 0 rings (SSSR count). The molecule has 0 aromatic rings. The standard InChI is InChI=1S/C44H83O8P/c1-4-7-9-11-13-15-17-19-20-21-22-23-24-25-26-27-29-31-33-35-37-39-44(46)52-42(41-51-53(47,48)50-6-3)40-49-43(45)38-36-34-32-30-28-18-16-14-12-10-8-5-2/h14,16,21-22,42H,4-13,15,17-20,23-41H2,1-3H3,(H,47,48)/b16-14-,22-21-. The number of esters is 2. The number of phosphoric acid groups is 1. The maximum Gasteiger partial charge on any atom is 0.472 e. The van der Waals surface area contributed by atoms with Crippen LogP contribution in [0.15, 0.2) is 24.3 Å². The second-order valence-electron chi connectivity index (χ2n) is 14.7. The second-order valence-corrected chi connectivity index (χ2v) is 16.2. The number of rotatable bonds is 41. The molecule has 0 bridgehead atoms. The van der Waals surface area contributed by atoms with Crippen LogP contribution in [-0.2, 0) is 32.7 Å². The van der Waals surface area contributed by atoms with Crippen LogP contribution in [0.25, 0.3) is 0 Å². The van der Waals surface area contributed by atoms with Gasteiger partial charge in [0.15, 0.2) is 6.10 Å². The molecule has 0 aliphatic carbocycles. The molecule has 2 atom stereocenters. The van der Waals surface area contributed by atoms with E-state index in [0.717, 1.165) is 51.4 Å². The molecule has 0 heterocycles. The van der Waals surface area contributed by atoms with E-state index in [1.54, 1.807) is 6.92 Å². The predicted octanol–water partition coefficient (Wildman–Crippen LogP) is 13.8. The van der Waals surface area contributed by atoms with Crippen molar-refractivity contribution in [2.45, 2.75) is 226 Å². The first-order valence-corrected chi connectivity index (χ1v) is 23.6. The van der Waals surface area contributed by atoms with Crippen molar-refractivity contribution in [3.05, 3.63) is 24.3 Å². The number of unbranched alkanes of at least 4 members (excludes halogenated alkanes) is 25. The van der Waals surface area contributed by atoms with Crippen LogP contribution in [0.5, 0.6) is 0 Å². The summed E-state index contributed by atoms with van der Waals surface area (Å²) in [5, 5.41) is 0. The van der Waals surface area contributed by atoms with Crippen molar-refractivity contribution in [1.29, 1.82) is 0 Å². The molecule has 0 amide bonds. The van der Waals surface area contributed by atoms with Gasteiger partial charge in [-0.1, -0.05) is 160 Å². The van der Waals surface area contributed by atoms with E-state index >= 15 is 0 Å². The van der Waals surface area contributed by atoms with E-state index in [4.69, 9.17) is 18.5 Å². The van der Waals surface area contributed by atoms with Crippen molar-refractivity contribution in [3.63, 3.8) is 0 Å². The smallest absolute Gasteiger partial charge is 0.462 e. The molecule has 8 nitrogen and oxygen atoms in total. The van der Waals surface area contributed by atoms with Gasteiger partial charge in [0.1, 0.15) is 6.61 Å². The third-order valence-electron chi connectivity index (χ3n) is 9.48. The molecule has 0 fully saturated rings. The number of hydrogen-bond donors (Lipinski definition) is 1. The van der Waals surface area contributed by atoms with Gasteiger partial charge in [-0.05, 0) is 71.1 Å². The van der Waals surface area contributed by atoms with Gasteiger partial charge in [-0.3, -0.25) is 18.6 Å². The number of hydrogen-bond acceptors (Lipinski definition) is 7. The molecule has 1 N–H and O–H groups in total. The Kier molecular flexibility index (Phi) is 39.1. The van der Waals surface area contributed by atoms with Crippen LogP contribution in [0, 0.1) is 0 Å². The number of phosphoric ester groups is 1. The Bertz CT molecular complexity index is 921. The van der Waals surface area contributed by atoms with Crippen LogP contribution in [0.1, 0.15) is 220 Å². The molecular formula is C44H83O8P. The number of allylic oxidation sites excluding steroid dienone is 4. The Morgan fingerprint density at radius 2 is 0.849 bits per heavy atom. The van der Waals surface area contributed by atoms with Gasteiger partial charge in [-0.25, -0.2) is 4.57 Å². The van der Waals surface area contributed by atoms with Gasteiger partial charge in [-0.15, -0.1) is 0 Å². The highest BCUT2D eigenvalue weighted by Gasteiger charge is 2.25. The molecule has 0 aromatic carbocycles. The highest BCUT2D eigenvalue weighted by Crippen LogP contribution is 2.43. The molecule has 312 valence electrons. The third kappa shape index (κ3) is 40.0. The molecule has 9 heteroatoms. The lowest BCUT2D eigenvalue weighted by molar-refractivity contribution is -0.161. The first kappa shape index (κ1) is 51.5. The minimum atomic E-state index is -4.28. The molecule has 53 heavy (non-hydrogen) atoms. The van der Waals surface area contributed by atoms with Gasteiger partial charge in [0.2, 0.25) is 0 Å². The summed E-state index contributed by atoms with van der Waals surface area (Å²) < 4.78 is 32.6. The van der Waals surface area contributed by atoms with Crippen molar-refractivity contribution in [2.24, 2.45) is 0 Å². The van der Waals surface area contributed by atoms with Crippen molar-refractivity contribution in [2.75, 3.05) is 19.8 Å². The van der Waals surface area contributed by atoms with Gasteiger partial charge in [0.25, 0.3) is 0 Å². The van der Waals surface area contributed by atoms with E-state index in [-0.39, 0.29) is 32.0 Å². The summed E-state index contributed by atoms with van der Waals surface area (Å²) in [4.78, 5) is 34.7. The van der Waals surface area contributed by atoms with Gasteiger partial charge >= 0.3 is 19.8 Å². The quantitative estimate of drug-likeness (QED) is 0.0283. The van der Waals surface area contributed by atoms with E-state index in [2.05, 4.69) is 38.2 Å². The average Bonchev–Trinajstić information content (AvgIpc) is 3.13. The van der Waals surface area contributed by atoms with Crippen LogP contribution in [0.4, 0.5) is 0 Å². The van der Waals surface area contributed by atoms with E-state index in [9.17, 15) is 19.0 Å². The Morgan fingerprint density at radius 1 is 0.491 bits per heavy atom. The predicted molar refractivity (Wildman–Crippen MR) is 221 cm³/mol. The van der Waals surface area contributed by atoms with E-state index < -0.39 is 26.5 Å². The molecule has 0 aliphatic heterocycles. The summed E-state index contributed by atoms with van der Waals surface area (Å²) in [6.45, 7) is 5.45. The lowest BCUT2D eigenvalue weighted by Gasteiger charge is -2.19. The summed E-state index contributed by atoms with van der Waals surface area (Å²) in [7, 11) is -4.28. The zero-order valence-corrected chi connectivity index (χ0v) is 35.6. The molecular weight excluding hydrogens is 687 g/mol. The number of carbonyl (C=O) groups excluding carboxylic acids is 2. The highest BCUT2D eigenvalue weighted by molar-refractivity contribution is 7.47. The lowest BCUT2D eigenvalue weighted by atomic mass is 10.1. The van der Waals surface area contributed by atoms with E-state index in [1.165, 1.54) is 128 Å². The lowest BCUT2D eigenvalue weighted by Crippen LogP contribution is -2.29. The fourth-order valence-electron chi connectivity index (χ4n) is 6.21. The SMILES string of the molecule is CCCCC/C=C\CCCCCCCC(=O)OCC(COP(=O)(O)OCC)OC(=O)CCCCCCCCCCC/C=C\CCCCCCCCCC. The zero-order valence-electron chi connectivity index (χ0n) is 34.7. The molecule has 2 unspecified atom stereocenters. The minimum absolute atomic E-state index is 0.0000382. The van der Waals surface area contributed by atoms with Gasteiger partial charge in [0, 0.05) is 12.8 Å². The van der Waals surface area contributed by atoms with Gasteiger partial charge in [0.05, 0.1) is 13.2 Å². The zero-order chi connectivity index (χ0) is 38.9. The molecule has 0 radical (unpaired) electrons. The average molecular weight is 771 g/mol. The Hall–Kier alpha value is -1.47. The van der Waals surface area contributed by atoms with Crippen LogP contribution in [0.3, 0.4) is 0 Å².